The maximum Gasteiger partial charge on any atom is 0.258 e. The molecule has 0 fully saturated rings. The maximum absolute atomic E-state index is 12.0. The molecule has 1 amide bonds. The van der Waals surface area contributed by atoms with E-state index in [-0.39, 0.29) is 18.6 Å². The van der Waals surface area contributed by atoms with Crippen LogP contribution >= 0.6 is 0 Å². The molecule has 0 bridgehead atoms. The van der Waals surface area contributed by atoms with E-state index in [2.05, 4.69) is 15.3 Å². The SMILES string of the molecule is O=C(COc1ccccc1)N[C@@H]1CCCc2ncncc21. The number of aryl methyl sites for hydroxylation is 1. The molecule has 1 aliphatic carbocycles. The van der Waals surface area contributed by atoms with Gasteiger partial charge in [-0.3, -0.25) is 4.79 Å². The van der Waals surface area contributed by atoms with Gasteiger partial charge >= 0.3 is 0 Å². The molecule has 5 nitrogen and oxygen atoms in total. The minimum Gasteiger partial charge on any atom is -0.484 e. The van der Waals surface area contributed by atoms with Crippen molar-refractivity contribution in [1.82, 2.24) is 15.3 Å². The normalized spacial score (nSPS) is 16.9. The van der Waals surface area contributed by atoms with E-state index in [4.69, 9.17) is 4.74 Å². The molecule has 1 aromatic heterocycles. The molecular formula is C16H17N3O2. The molecule has 0 aliphatic heterocycles. The lowest BCUT2D eigenvalue weighted by molar-refractivity contribution is -0.124. The largest absolute Gasteiger partial charge is 0.484 e. The van der Waals surface area contributed by atoms with Crippen LogP contribution in [0.2, 0.25) is 0 Å². The van der Waals surface area contributed by atoms with E-state index in [1.54, 1.807) is 12.5 Å². The molecule has 1 atom stereocenters. The third-order valence-corrected chi connectivity index (χ3v) is 3.56. The third-order valence-electron chi connectivity index (χ3n) is 3.56. The Balaban J connectivity index is 1.58. The number of amides is 1. The zero-order chi connectivity index (χ0) is 14.5. The Bertz CT molecular complexity index is 616. The summed E-state index contributed by atoms with van der Waals surface area (Å²) in [5.74, 6) is 0.570. The second-order valence-electron chi connectivity index (χ2n) is 5.04. The number of nitrogens with one attached hydrogen (secondary N) is 1. The molecule has 1 N–H and O–H groups in total. The lowest BCUT2D eigenvalue weighted by Crippen LogP contribution is -2.34. The van der Waals surface area contributed by atoms with Crippen molar-refractivity contribution < 1.29 is 9.53 Å². The number of ether oxygens (including phenoxy) is 1. The lowest BCUT2D eigenvalue weighted by atomic mass is 9.92. The van der Waals surface area contributed by atoms with Crippen LogP contribution in [0, 0.1) is 0 Å². The van der Waals surface area contributed by atoms with Crippen LogP contribution in [0.4, 0.5) is 0 Å². The fourth-order valence-electron chi connectivity index (χ4n) is 2.55. The van der Waals surface area contributed by atoms with Crippen molar-refractivity contribution in [3.05, 3.63) is 54.1 Å². The van der Waals surface area contributed by atoms with Gasteiger partial charge in [0.1, 0.15) is 12.1 Å². The molecule has 1 aromatic carbocycles. The number of fused-ring (bicyclic) bond motifs is 1. The Hall–Kier alpha value is -2.43. The van der Waals surface area contributed by atoms with E-state index in [1.165, 1.54) is 0 Å². The maximum atomic E-state index is 12.0. The molecule has 3 rings (SSSR count). The molecule has 0 unspecified atom stereocenters. The molecule has 0 radical (unpaired) electrons. The number of nitrogens with zero attached hydrogens (tertiary/aromatic N) is 2. The summed E-state index contributed by atoms with van der Waals surface area (Å²) in [5.41, 5.74) is 2.06. The quantitative estimate of drug-likeness (QED) is 0.932. The van der Waals surface area contributed by atoms with Gasteiger partial charge in [0, 0.05) is 17.5 Å². The summed E-state index contributed by atoms with van der Waals surface area (Å²) in [6.07, 6.45) is 6.24. The Morgan fingerprint density at radius 2 is 2.19 bits per heavy atom. The summed E-state index contributed by atoms with van der Waals surface area (Å²) in [5, 5.41) is 3.00. The van der Waals surface area contributed by atoms with Crippen LogP contribution in [0.25, 0.3) is 0 Å². The zero-order valence-corrected chi connectivity index (χ0v) is 11.7. The highest BCUT2D eigenvalue weighted by Crippen LogP contribution is 2.27. The Morgan fingerprint density at radius 3 is 3.05 bits per heavy atom. The van der Waals surface area contributed by atoms with Crippen molar-refractivity contribution in [3.63, 3.8) is 0 Å². The van der Waals surface area contributed by atoms with Crippen LogP contribution < -0.4 is 10.1 Å². The molecule has 0 saturated carbocycles. The van der Waals surface area contributed by atoms with E-state index >= 15 is 0 Å². The van der Waals surface area contributed by atoms with Crippen LogP contribution in [0.3, 0.4) is 0 Å². The molecule has 2 aromatic rings. The van der Waals surface area contributed by atoms with Gasteiger partial charge in [0.25, 0.3) is 5.91 Å². The first-order chi connectivity index (χ1) is 10.3. The number of aromatic nitrogens is 2. The summed E-state index contributed by atoms with van der Waals surface area (Å²) in [6.45, 7) is 0.0174. The van der Waals surface area contributed by atoms with Crippen molar-refractivity contribution in [2.24, 2.45) is 0 Å². The fraction of sp³-hybridized carbons (Fsp3) is 0.312. The van der Waals surface area contributed by atoms with Crippen LogP contribution in [-0.4, -0.2) is 22.5 Å². The van der Waals surface area contributed by atoms with Gasteiger partial charge in [0.2, 0.25) is 0 Å². The Morgan fingerprint density at radius 1 is 1.33 bits per heavy atom. The van der Waals surface area contributed by atoms with E-state index in [0.29, 0.717) is 5.75 Å². The predicted octanol–water partition coefficient (Wildman–Crippen LogP) is 2.05. The second-order valence-corrected chi connectivity index (χ2v) is 5.04. The van der Waals surface area contributed by atoms with Gasteiger partial charge in [0.05, 0.1) is 6.04 Å². The minimum atomic E-state index is -0.124. The van der Waals surface area contributed by atoms with Crippen molar-refractivity contribution in [2.45, 2.75) is 25.3 Å². The van der Waals surface area contributed by atoms with Gasteiger partial charge in [-0.05, 0) is 31.4 Å². The number of rotatable bonds is 4. The first-order valence-corrected chi connectivity index (χ1v) is 7.09. The Kier molecular flexibility index (Phi) is 4.09. The van der Waals surface area contributed by atoms with Crippen LogP contribution in [-0.2, 0) is 11.2 Å². The highest BCUT2D eigenvalue weighted by Gasteiger charge is 2.22. The van der Waals surface area contributed by atoms with E-state index in [1.807, 2.05) is 30.3 Å². The van der Waals surface area contributed by atoms with E-state index < -0.39 is 0 Å². The number of carbonyl (C=O) groups is 1. The fourth-order valence-corrected chi connectivity index (χ4v) is 2.55. The average molecular weight is 283 g/mol. The minimum absolute atomic E-state index is 0.0122. The standard InChI is InChI=1S/C16H17N3O2/c20-16(10-21-12-5-2-1-3-6-12)19-15-8-4-7-14-13(15)9-17-11-18-14/h1-3,5-6,9,11,15H,4,7-8,10H2,(H,19,20)/t15-/m1/s1. The summed E-state index contributed by atoms with van der Waals surface area (Å²) >= 11 is 0. The van der Waals surface area contributed by atoms with Crippen LogP contribution in [0.15, 0.2) is 42.9 Å². The summed E-state index contributed by atoms with van der Waals surface area (Å²) in [6, 6.07) is 9.31. The Labute approximate surface area is 123 Å². The van der Waals surface area contributed by atoms with Crippen LogP contribution in [0.1, 0.15) is 30.1 Å². The monoisotopic (exact) mass is 283 g/mol. The molecule has 1 aliphatic rings. The summed E-state index contributed by atoms with van der Waals surface area (Å²) in [4.78, 5) is 20.3. The predicted molar refractivity (Wildman–Crippen MR) is 77.8 cm³/mol. The number of benzene rings is 1. The lowest BCUT2D eigenvalue weighted by Gasteiger charge is -2.24. The number of hydrogen-bond donors (Lipinski definition) is 1. The smallest absolute Gasteiger partial charge is 0.258 e. The van der Waals surface area contributed by atoms with Gasteiger partial charge in [0.15, 0.2) is 6.61 Å². The summed E-state index contributed by atoms with van der Waals surface area (Å²) < 4.78 is 5.45. The van der Waals surface area contributed by atoms with Gasteiger partial charge in [-0.1, -0.05) is 18.2 Å². The first-order valence-electron chi connectivity index (χ1n) is 7.09. The molecule has 0 spiro atoms. The second kappa shape index (κ2) is 6.35. The molecular weight excluding hydrogens is 266 g/mol. The number of hydrogen-bond acceptors (Lipinski definition) is 4. The molecule has 1 heterocycles. The average Bonchev–Trinajstić information content (AvgIpc) is 2.54. The first kappa shape index (κ1) is 13.5. The van der Waals surface area contributed by atoms with Gasteiger partial charge < -0.3 is 10.1 Å². The van der Waals surface area contributed by atoms with Gasteiger partial charge in [-0.25, -0.2) is 9.97 Å². The van der Waals surface area contributed by atoms with Crippen molar-refractivity contribution >= 4 is 5.91 Å². The van der Waals surface area contributed by atoms with E-state index in [9.17, 15) is 4.79 Å². The topological polar surface area (TPSA) is 64.1 Å². The molecule has 0 saturated heterocycles. The number of para-hydroxylation sites is 1. The van der Waals surface area contributed by atoms with Crippen molar-refractivity contribution in [1.29, 1.82) is 0 Å². The molecule has 5 heteroatoms. The highest BCUT2D eigenvalue weighted by atomic mass is 16.5. The van der Waals surface area contributed by atoms with Crippen LogP contribution in [0.5, 0.6) is 5.75 Å². The highest BCUT2D eigenvalue weighted by molar-refractivity contribution is 5.78. The summed E-state index contributed by atoms with van der Waals surface area (Å²) in [7, 11) is 0. The van der Waals surface area contributed by atoms with Gasteiger partial charge in [-0.15, -0.1) is 0 Å². The van der Waals surface area contributed by atoms with Crippen molar-refractivity contribution in [3.8, 4) is 5.75 Å². The number of carbonyl (C=O) groups excluding carboxylic acids is 1. The zero-order valence-electron chi connectivity index (χ0n) is 11.7. The third kappa shape index (κ3) is 3.37. The van der Waals surface area contributed by atoms with Crippen molar-refractivity contribution in [2.75, 3.05) is 6.61 Å². The molecule has 21 heavy (non-hydrogen) atoms. The van der Waals surface area contributed by atoms with E-state index in [0.717, 1.165) is 30.5 Å². The van der Waals surface area contributed by atoms with Gasteiger partial charge in [-0.2, -0.15) is 0 Å². The molecule has 108 valence electrons.